The monoisotopic (exact) mass is 374 g/mol. The van der Waals surface area contributed by atoms with E-state index in [1.807, 2.05) is 61.5 Å². The van der Waals surface area contributed by atoms with Crippen LogP contribution in [0.4, 0.5) is 0 Å². The van der Waals surface area contributed by atoms with Crippen molar-refractivity contribution in [3.8, 4) is 11.5 Å². The zero-order chi connectivity index (χ0) is 19.3. The molecule has 4 rings (SSSR count). The van der Waals surface area contributed by atoms with E-state index in [9.17, 15) is 4.79 Å². The molecule has 0 fully saturated rings. The number of aromatic nitrogens is 1. The minimum atomic E-state index is -0.139. The van der Waals surface area contributed by atoms with Crippen LogP contribution in [-0.2, 0) is 11.2 Å². The molecule has 1 N–H and O–H groups in total. The van der Waals surface area contributed by atoms with E-state index in [0.717, 1.165) is 33.7 Å². The molecule has 0 bridgehead atoms. The lowest BCUT2D eigenvalue weighted by molar-refractivity contribution is -0.117. The van der Waals surface area contributed by atoms with Crippen molar-refractivity contribution in [1.29, 1.82) is 0 Å². The van der Waals surface area contributed by atoms with Crippen LogP contribution in [0.3, 0.4) is 0 Å². The highest BCUT2D eigenvalue weighted by Crippen LogP contribution is 2.31. The maximum atomic E-state index is 12.2. The van der Waals surface area contributed by atoms with Gasteiger partial charge in [-0.1, -0.05) is 30.3 Å². The number of fused-ring (bicyclic) bond motifs is 2. The van der Waals surface area contributed by atoms with Crippen LogP contribution in [0.2, 0.25) is 0 Å². The largest absolute Gasteiger partial charge is 0.486 e. The Balaban J connectivity index is 1.35. The second kappa shape index (κ2) is 8.13. The van der Waals surface area contributed by atoms with Crippen molar-refractivity contribution in [3.05, 3.63) is 71.9 Å². The second-order valence-electron chi connectivity index (χ2n) is 6.85. The van der Waals surface area contributed by atoms with Crippen molar-refractivity contribution in [2.24, 2.45) is 0 Å². The Morgan fingerprint density at radius 1 is 1.11 bits per heavy atom. The number of ether oxygens (including phenoxy) is 2. The van der Waals surface area contributed by atoms with Crippen LogP contribution in [0, 0.1) is 0 Å². The second-order valence-corrected chi connectivity index (χ2v) is 6.85. The number of hydrogen-bond acceptors (Lipinski definition) is 4. The lowest BCUT2D eigenvalue weighted by atomic mass is 10.1. The number of rotatable bonds is 5. The molecule has 0 unspecified atom stereocenters. The summed E-state index contributed by atoms with van der Waals surface area (Å²) in [6.45, 7) is 3.13. The third-order valence-corrected chi connectivity index (χ3v) is 4.56. The van der Waals surface area contributed by atoms with E-state index in [1.54, 1.807) is 6.08 Å². The van der Waals surface area contributed by atoms with Crippen LogP contribution in [0.5, 0.6) is 11.5 Å². The molecule has 1 aromatic heterocycles. The van der Waals surface area contributed by atoms with Crippen LogP contribution >= 0.6 is 0 Å². The Morgan fingerprint density at radius 2 is 1.93 bits per heavy atom. The first-order chi connectivity index (χ1) is 13.7. The molecule has 2 aromatic carbocycles. The molecule has 0 aliphatic carbocycles. The van der Waals surface area contributed by atoms with E-state index < -0.39 is 0 Å². The zero-order valence-corrected chi connectivity index (χ0v) is 15.7. The van der Waals surface area contributed by atoms with Gasteiger partial charge in [0.1, 0.15) is 13.2 Å². The molecule has 1 aliphatic heterocycles. The number of nitrogens with one attached hydrogen (secondary N) is 1. The van der Waals surface area contributed by atoms with Crippen molar-refractivity contribution >= 4 is 22.9 Å². The number of nitrogens with zero attached hydrogens (tertiary/aromatic N) is 1. The molecule has 5 nitrogen and oxygen atoms in total. The fourth-order valence-corrected chi connectivity index (χ4v) is 3.25. The Hall–Kier alpha value is -3.34. The first kappa shape index (κ1) is 18.0. The Labute approximate surface area is 164 Å². The lowest BCUT2D eigenvalue weighted by Gasteiger charge is -2.20. The van der Waals surface area contributed by atoms with Gasteiger partial charge in [0.25, 0.3) is 0 Å². The van der Waals surface area contributed by atoms with Gasteiger partial charge >= 0.3 is 0 Å². The van der Waals surface area contributed by atoms with Crippen molar-refractivity contribution in [2.45, 2.75) is 19.4 Å². The molecule has 0 saturated carbocycles. The van der Waals surface area contributed by atoms with E-state index in [1.165, 1.54) is 6.08 Å². The van der Waals surface area contributed by atoms with Gasteiger partial charge in [-0.15, -0.1) is 0 Å². The maximum absolute atomic E-state index is 12.2. The average Bonchev–Trinajstić information content (AvgIpc) is 2.72. The smallest absolute Gasteiger partial charge is 0.244 e. The standard InChI is InChI=1S/C23H22N2O3/c1-16(14-17-6-10-21-22(15-17)28-13-12-27-21)24-23(26)11-9-19-8-7-18-4-2-3-5-20(18)25-19/h2-11,15-16H,12-14H2,1H3,(H,24,26)/b11-9+/t16-/m1/s1. The Kier molecular flexibility index (Phi) is 5.24. The number of carbonyl (C=O) groups excluding carboxylic acids is 1. The number of pyridine rings is 1. The average molecular weight is 374 g/mol. The Morgan fingerprint density at radius 3 is 2.82 bits per heavy atom. The molecular weight excluding hydrogens is 352 g/mol. The molecule has 0 saturated heterocycles. The molecule has 1 aliphatic rings. The third-order valence-electron chi connectivity index (χ3n) is 4.56. The Bertz CT molecular complexity index is 1030. The van der Waals surface area contributed by atoms with E-state index in [-0.39, 0.29) is 11.9 Å². The summed E-state index contributed by atoms with van der Waals surface area (Å²) in [6, 6.07) is 17.7. The highest BCUT2D eigenvalue weighted by molar-refractivity contribution is 5.92. The molecule has 0 radical (unpaired) electrons. The molecule has 1 atom stereocenters. The highest BCUT2D eigenvalue weighted by atomic mass is 16.6. The fraction of sp³-hybridized carbons (Fsp3) is 0.217. The van der Waals surface area contributed by atoms with Crippen LogP contribution in [0.25, 0.3) is 17.0 Å². The van der Waals surface area contributed by atoms with Crippen molar-refractivity contribution in [1.82, 2.24) is 10.3 Å². The van der Waals surface area contributed by atoms with Gasteiger partial charge in [-0.05, 0) is 49.2 Å². The van der Waals surface area contributed by atoms with Gasteiger partial charge < -0.3 is 14.8 Å². The molecule has 28 heavy (non-hydrogen) atoms. The summed E-state index contributed by atoms with van der Waals surface area (Å²) in [4.78, 5) is 16.8. The first-order valence-corrected chi connectivity index (χ1v) is 9.40. The van der Waals surface area contributed by atoms with Gasteiger partial charge in [-0.3, -0.25) is 4.79 Å². The summed E-state index contributed by atoms with van der Waals surface area (Å²) in [6.07, 6.45) is 3.97. The van der Waals surface area contributed by atoms with Gasteiger partial charge in [-0.2, -0.15) is 0 Å². The van der Waals surface area contributed by atoms with E-state index in [0.29, 0.717) is 19.6 Å². The molecule has 0 spiro atoms. The minimum Gasteiger partial charge on any atom is -0.486 e. The predicted octanol–water partition coefficient (Wildman–Crippen LogP) is 3.77. The molecule has 1 amide bonds. The van der Waals surface area contributed by atoms with Crippen LogP contribution < -0.4 is 14.8 Å². The van der Waals surface area contributed by atoms with Gasteiger partial charge in [0.15, 0.2) is 11.5 Å². The summed E-state index contributed by atoms with van der Waals surface area (Å²) < 4.78 is 11.2. The van der Waals surface area contributed by atoms with Crippen molar-refractivity contribution in [3.63, 3.8) is 0 Å². The van der Waals surface area contributed by atoms with E-state index >= 15 is 0 Å². The normalized spacial score (nSPS) is 14.2. The molecule has 5 heteroatoms. The predicted molar refractivity (Wildman–Crippen MR) is 110 cm³/mol. The van der Waals surface area contributed by atoms with Crippen molar-refractivity contribution in [2.75, 3.05) is 13.2 Å². The quantitative estimate of drug-likeness (QED) is 0.691. The number of carbonyl (C=O) groups is 1. The van der Waals surface area contributed by atoms with Crippen LogP contribution in [0.1, 0.15) is 18.2 Å². The zero-order valence-electron chi connectivity index (χ0n) is 15.7. The summed E-state index contributed by atoms with van der Waals surface area (Å²) in [7, 11) is 0. The number of amides is 1. The van der Waals surface area contributed by atoms with Gasteiger partial charge in [0.2, 0.25) is 5.91 Å². The SMILES string of the molecule is C[C@H](Cc1ccc2c(c1)OCCO2)NC(=O)/C=C/c1ccc2ccccc2n1. The molecular formula is C23H22N2O3. The molecule has 2 heterocycles. The number of para-hydroxylation sites is 1. The van der Waals surface area contributed by atoms with Crippen molar-refractivity contribution < 1.29 is 14.3 Å². The number of hydrogen-bond donors (Lipinski definition) is 1. The van der Waals surface area contributed by atoms with E-state index in [2.05, 4.69) is 10.3 Å². The van der Waals surface area contributed by atoms with Gasteiger partial charge in [0, 0.05) is 17.5 Å². The minimum absolute atomic E-state index is 0.00993. The first-order valence-electron chi connectivity index (χ1n) is 9.40. The summed E-state index contributed by atoms with van der Waals surface area (Å²) in [5, 5.41) is 4.07. The van der Waals surface area contributed by atoms with Gasteiger partial charge in [0.05, 0.1) is 11.2 Å². The highest BCUT2D eigenvalue weighted by Gasteiger charge is 2.13. The molecule has 142 valence electrons. The van der Waals surface area contributed by atoms with E-state index in [4.69, 9.17) is 9.47 Å². The van der Waals surface area contributed by atoms with Crippen LogP contribution in [-0.4, -0.2) is 30.1 Å². The lowest BCUT2D eigenvalue weighted by Crippen LogP contribution is -2.32. The fourth-order valence-electron chi connectivity index (χ4n) is 3.25. The molecule has 3 aromatic rings. The third kappa shape index (κ3) is 4.31. The topological polar surface area (TPSA) is 60.5 Å². The van der Waals surface area contributed by atoms with Gasteiger partial charge in [-0.25, -0.2) is 4.98 Å². The summed E-state index contributed by atoms with van der Waals surface area (Å²) >= 11 is 0. The maximum Gasteiger partial charge on any atom is 0.244 e. The van der Waals surface area contributed by atoms with Crippen LogP contribution in [0.15, 0.2) is 60.7 Å². The summed E-state index contributed by atoms with van der Waals surface area (Å²) in [5.41, 5.74) is 2.77. The summed E-state index contributed by atoms with van der Waals surface area (Å²) in [5.74, 6) is 1.40. The number of benzene rings is 2.